The molecule has 74 valence electrons. The minimum atomic E-state index is -2.38. The van der Waals surface area contributed by atoms with E-state index in [-0.39, 0.29) is 64.3 Å². The van der Waals surface area contributed by atoms with Crippen LogP contribution >= 0.6 is 0 Å². The summed E-state index contributed by atoms with van der Waals surface area (Å²) in [5, 5.41) is -0.187. The Kier molecular flexibility index (Phi) is 7.39. The van der Waals surface area contributed by atoms with Gasteiger partial charge < -0.3 is 19.3 Å². The Morgan fingerprint density at radius 2 is 2.12 bits per heavy atom. The van der Waals surface area contributed by atoms with Crippen molar-refractivity contribution < 1.29 is 72.6 Å². The molecule has 0 saturated carbocycles. The van der Waals surface area contributed by atoms with E-state index in [0.717, 1.165) is 0 Å². The average molecular weight is 256 g/mol. The van der Waals surface area contributed by atoms with E-state index in [4.69, 9.17) is 4.74 Å². The first-order valence-electron chi connectivity index (χ1n) is 3.78. The number of benzene rings is 1. The van der Waals surface area contributed by atoms with Crippen LogP contribution in [0.1, 0.15) is 0 Å². The molecule has 2 aromatic rings. The van der Waals surface area contributed by atoms with Crippen molar-refractivity contribution in [2.45, 2.75) is 5.16 Å². The predicted octanol–water partition coefficient (Wildman–Crippen LogP) is -5.55. The van der Waals surface area contributed by atoms with Crippen LogP contribution in [-0.4, -0.2) is 20.9 Å². The second-order valence-electron chi connectivity index (χ2n) is 2.60. The third-order valence-corrected chi connectivity index (χ3v) is 2.24. The fraction of sp³-hybridized carbons (Fsp3) is 0.125. The molecule has 5 nitrogen and oxygen atoms in total. The summed E-state index contributed by atoms with van der Waals surface area (Å²) < 4.78 is 26.1. The molecule has 0 bridgehead atoms. The maximum atomic E-state index is 10.6. The number of imidazole rings is 1. The molecule has 1 atom stereocenters. The van der Waals surface area contributed by atoms with Gasteiger partial charge in [-0.3, -0.25) is 4.21 Å². The number of aromatic nitrogens is 2. The molecule has 0 radical (unpaired) electrons. The average Bonchev–Trinajstić information content (AvgIpc) is 2.59. The fourth-order valence-corrected chi connectivity index (χ4v) is 1.47. The zero-order valence-electron chi connectivity index (χ0n) is 9.26. The summed E-state index contributed by atoms with van der Waals surface area (Å²) in [4.78, 5) is 7.63. The zero-order chi connectivity index (χ0) is 10.1. The molecule has 1 heterocycles. The molecule has 0 fully saturated rings. The molecule has 2 rings (SSSR count). The molecule has 0 aliphatic heterocycles. The molecule has 1 aromatic heterocycles. The molecule has 0 aliphatic carbocycles. The molecule has 16 heavy (non-hydrogen) atoms. The number of ether oxygens (including phenoxy) is 1. The second kappa shape index (κ2) is 7.13. The van der Waals surface area contributed by atoms with E-state index in [1.165, 1.54) is 7.11 Å². The quantitative estimate of drug-likeness (QED) is 0.395. The molecule has 1 aromatic carbocycles. The van der Waals surface area contributed by atoms with Crippen LogP contribution < -0.4 is 68.8 Å². The van der Waals surface area contributed by atoms with Gasteiger partial charge in [0.1, 0.15) is 5.75 Å². The first kappa shape index (κ1) is 16.6. The van der Waals surface area contributed by atoms with Gasteiger partial charge in [-0.25, -0.2) is 0 Å². The van der Waals surface area contributed by atoms with E-state index >= 15 is 0 Å². The SMILES string of the molecule is COc1ccc2[n-]c(S(=O)[O-])nc2c1.[Na+].[Na+]. The summed E-state index contributed by atoms with van der Waals surface area (Å²) in [6.45, 7) is 0. The van der Waals surface area contributed by atoms with Crippen LogP contribution in [0, 0.1) is 0 Å². The first-order chi connectivity index (χ1) is 6.70. The Hall–Kier alpha value is 0.600. The Bertz CT molecular complexity index is 503. The Morgan fingerprint density at radius 1 is 1.44 bits per heavy atom. The number of methoxy groups -OCH3 is 1. The second-order valence-corrected chi connectivity index (χ2v) is 3.43. The van der Waals surface area contributed by atoms with Crippen LogP contribution in [0.25, 0.3) is 11.0 Å². The van der Waals surface area contributed by atoms with Crippen LogP contribution in [0.2, 0.25) is 0 Å². The minimum Gasteiger partial charge on any atom is -0.769 e. The van der Waals surface area contributed by atoms with E-state index in [9.17, 15) is 8.76 Å². The number of hydrogen-bond acceptors (Lipinski definition) is 4. The number of rotatable bonds is 2. The smallest absolute Gasteiger partial charge is 0.769 e. The van der Waals surface area contributed by atoms with Crippen molar-refractivity contribution in [3.05, 3.63) is 18.2 Å². The summed E-state index contributed by atoms with van der Waals surface area (Å²) >= 11 is -2.38. The standard InChI is InChI=1S/C8H7N2O3S.2Na/c1-13-5-2-3-6-7(4-5)10-8(9-6)14(11)12;;/h2-4H,1H3,(H-,9,10,11,12);;/q-1;2*+1/p-1. The summed E-state index contributed by atoms with van der Waals surface area (Å²) in [5.41, 5.74) is 1.06. The van der Waals surface area contributed by atoms with Crippen molar-refractivity contribution in [2.75, 3.05) is 7.11 Å². The van der Waals surface area contributed by atoms with Crippen molar-refractivity contribution in [1.82, 2.24) is 9.97 Å². The molecule has 0 N–H and O–H groups in total. The van der Waals surface area contributed by atoms with Crippen LogP contribution in [0.4, 0.5) is 0 Å². The van der Waals surface area contributed by atoms with Gasteiger partial charge in [-0.2, -0.15) is 0 Å². The molecule has 0 saturated heterocycles. The van der Waals surface area contributed by atoms with E-state index in [2.05, 4.69) is 9.97 Å². The number of hydrogen-bond donors (Lipinski definition) is 0. The normalized spacial score (nSPS) is 11.4. The van der Waals surface area contributed by atoms with Crippen molar-refractivity contribution in [2.24, 2.45) is 0 Å². The van der Waals surface area contributed by atoms with Gasteiger partial charge >= 0.3 is 59.1 Å². The van der Waals surface area contributed by atoms with Gasteiger partial charge in [0.2, 0.25) is 0 Å². The first-order valence-corrected chi connectivity index (χ1v) is 4.86. The fourth-order valence-electron chi connectivity index (χ4n) is 1.12. The topological polar surface area (TPSA) is 76.4 Å². The summed E-state index contributed by atoms with van der Waals surface area (Å²) in [5.74, 6) is 0.626. The molecule has 0 aliphatic rings. The molecule has 0 amide bonds. The van der Waals surface area contributed by atoms with E-state index < -0.39 is 11.1 Å². The van der Waals surface area contributed by atoms with Crippen LogP contribution in [-0.2, 0) is 11.1 Å². The molecule has 8 heteroatoms. The number of fused-ring (bicyclic) bond motifs is 1. The third-order valence-electron chi connectivity index (χ3n) is 1.76. The molecule has 0 spiro atoms. The minimum absolute atomic E-state index is 0. The largest absolute Gasteiger partial charge is 1.00 e. The Balaban J connectivity index is 0.00000112. The van der Waals surface area contributed by atoms with Gasteiger partial charge in [0.05, 0.1) is 7.11 Å². The molecular formula is C8H6N2Na2O3S. The summed E-state index contributed by atoms with van der Waals surface area (Å²) in [7, 11) is 1.53. The van der Waals surface area contributed by atoms with Crippen molar-refractivity contribution in [1.29, 1.82) is 0 Å². The molecule has 1 unspecified atom stereocenters. The van der Waals surface area contributed by atoms with E-state index in [1.54, 1.807) is 18.2 Å². The van der Waals surface area contributed by atoms with Gasteiger partial charge in [0.15, 0.2) is 0 Å². The van der Waals surface area contributed by atoms with Gasteiger partial charge in [-0.15, -0.1) is 0 Å². The van der Waals surface area contributed by atoms with Crippen LogP contribution in [0.5, 0.6) is 5.75 Å². The molecular weight excluding hydrogens is 250 g/mol. The monoisotopic (exact) mass is 256 g/mol. The van der Waals surface area contributed by atoms with Crippen LogP contribution in [0.15, 0.2) is 23.4 Å². The van der Waals surface area contributed by atoms with Crippen LogP contribution in [0.3, 0.4) is 0 Å². The van der Waals surface area contributed by atoms with Gasteiger partial charge in [-0.05, 0) is 39.4 Å². The van der Waals surface area contributed by atoms with Gasteiger partial charge in [0.25, 0.3) is 0 Å². The number of nitrogens with zero attached hydrogens (tertiary/aromatic N) is 2. The maximum absolute atomic E-state index is 10.6. The van der Waals surface area contributed by atoms with E-state index in [1.807, 2.05) is 0 Å². The Labute approximate surface area is 139 Å². The van der Waals surface area contributed by atoms with Crippen molar-refractivity contribution in [3.63, 3.8) is 0 Å². The summed E-state index contributed by atoms with van der Waals surface area (Å²) in [6, 6.07) is 5.00. The predicted molar refractivity (Wildman–Crippen MR) is 48.8 cm³/mol. The third kappa shape index (κ3) is 3.54. The van der Waals surface area contributed by atoms with Crippen molar-refractivity contribution in [3.8, 4) is 5.75 Å². The Morgan fingerprint density at radius 3 is 2.69 bits per heavy atom. The zero-order valence-corrected chi connectivity index (χ0v) is 14.1. The van der Waals surface area contributed by atoms with Crippen molar-refractivity contribution >= 4 is 22.1 Å². The summed E-state index contributed by atoms with van der Waals surface area (Å²) in [6.07, 6.45) is 0. The van der Waals surface area contributed by atoms with Gasteiger partial charge in [0, 0.05) is 0 Å². The van der Waals surface area contributed by atoms with Gasteiger partial charge in [-0.1, -0.05) is 6.07 Å². The van der Waals surface area contributed by atoms with E-state index in [0.29, 0.717) is 16.8 Å². The maximum Gasteiger partial charge on any atom is 1.00 e.